The Kier molecular flexibility index (Phi) is 5.93. The van der Waals surface area contributed by atoms with E-state index in [0.29, 0.717) is 6.07 Å². The number of rotatable bonds is 5. The van der Waals surface area contributed by atoms with E-state index >= 15 is 0 Å². The van der Waals surface area contributed by atoms with Crippen molar-refractivity contribution in [3.8, 4) is 17.2 Å². The number of carbonyl (C=O) groups excluding carboxylic acids is 1. The number of nitro benzene ring substituents is 1. The zero-order chi connectivity index (χ0) is 21.9. The Morgan fingerprint density at radius 2 is 1.67 bits per heavy atom. The van der Waals surface area contributed by atoms with Crippen molar-refractivity contribution in [2.75, 3.05) is 0 Å². The summed E-state index contributed by atoms with van der Waals surface area (Å²) < 4.78 is 48.8. The van der Waals surface area contributed by atoms with Gasteiger partial charge in [0.15, 0.2) is 0 Å². The van der Waals surface area contributed by atoms with Crippen molar-refractivity contribution in [1.82, 2.24) is 0 Å². The number of carbonyl (C=O) groups is 1. The first-order chi connectivity index (χ1) is 14.1. The molecule has 3 aromatic carbocycles. The molecule has 3 rings (SSSR count). The molecule has 154 valence electrons. The number of halogens is 4. The predicted octanol–water partition coefficient (Wildman–Crippen LogP) is 6.28. The van der Waals surface area contributed by atoms with E-state index in [-0.39, 0.29) is 22.3 Å². The Balaban J connectivity index is 1.91. The number of benzene rings is 3. The first kappa shape index (κ1) is 21.1. The molecular formula is C20H11ClF3NO5. The van der Waals surface area contributed by atoms with Gasteiger partial charge in [-0.15, -0.1) is 0 Å². The second-order valence-corrected chi connectivity index (χ2v) is 6.29. The fourth-order valence-corrected chi connectivity index (χ4v) is 2.66. The molecule has 10 heteroatoms. The van der Waals surface area contributed by atoms with Gasteiger partial charge in [-0.2, -0.15) is 13.2 Å². The van der Waals surface area contributed by atoms with Crippen LogP contribution >= 0.6 is 11.6 Å². The van der Waals surface area contributed by atoms with Crippen molar-refractivity contribution in [1.29, 1.82) is 0 Å². The lowest BCUT2D eigenvalue weighted by atomic mass is 10.1. The second kappa shape index (κ2) is 8.42. The van der Waals surface area contributed by atoms with E-state index in [9.17, 15) is 28.1 Å². The number of hydrogen-bond donors (Lipinski definition) is 0. The van der Waals surface area contributed by atoms with Crippen LogP contribution in [0.15, 0.2) is 66.7 Å². The Morgan fingerprint density at radius 3 is 2.27 bits per heavy atom. The van der Waals surface area contributed by atoms with Crippen molar-refractivity contribution >= 4 is 23.3 Å². The summed E-state index contributed by atoms with van der Waals surface area (Å²) in [5.74, 6) is -1.01. The van der Waals surface area contributed by atoms with Crippen LogP contribution in [0.3, 0.4) is 0 Å². The summed E-state index contributed by atoms with van der Waals surface area (Å²) in [6.45, 7) is 0. The average molecular weight is 438 g/mol. The van der Waals surface area contributed by atoms with Gasteiger partial charge >= 0.3 is 12.1 Å². The molecule has 0 atom stereocenters. The van der Waals surface area contributed by atoms with Crippen molar-refractivity contribution in [2.24, 2.45) is 0 Å². The third kappa shape index (κ3) is 4.87. The average Bonchev–Trinajstić information content (AvgIpc) is 2.69. The first-order valence-electron chi connectivity index (χ1n) is 8.25. The Labute approximate surface area is 172 Å². The zero-order valence-electron chi connectivity index (χ0n) is 14.9. The molecule has 0 aliphatic rings. The molecule has 30 heavy (non-hydrogen) atoms. The van der Waals surface area contributed by atoms with Crippen molar-refractivity contribution in [3.63, 3.8) is 0 Å². The van der Waals surface area contributed by atoms with E-state index in [4.69, 9.17) is 21.1 Å². The number of hydrogen-bond acceptors (Lipinski definition) is 5. The van der Waals surface area contributed by atoms with E-state index in [0.717, 1.165) is 24.3 Å². The minimum absolute atomic E-state index is 0.0535. The number of nitrogens with zero attached hydrogens (tertiary/aromatic N) is 1. The van der Waals surface area contributed by atoms with Gasteiger partial charge in [-0.3, -0.25) is 10.1 Å². The molecule has 0 amide bonds. The van der Waals surface area contributed by atoms with E-state index in [2.05, 4.69) is 0 Å². The van der Waals surface area contributed by atoms with Gasteiger partial charge in [0, 0.05) is 12.1 Å². The van der Waals surface area contributed by atoms with Crippen LogP contribution in [0.2, 0.25) is 5.02 Å². The normalized spacial score (nSPS) is 11.1. The summed E-state index contributed by atoms with van der Waals surface area (Å²) in [5, 5.41) is 10.9. The molecule has 0 spiro atoms. The summed E-state index contributed by atoms with van der Waals surface area (Å²) in [5.41, 5.74) is -1.89. The molecule has 0 saturated carbocycles. The van der Waals surface area contributed by atoms with Crippen molar-refractivity contribution in [2.45, 2.75) is 6.18 Å². The molecule has 0 unspecified atom stereocenters. The third-order valence-electron chi connectivity index (χ3n) is 3.83. The number of esters is 1. The third-order valence-corrected chi connectivity index (χ3v) is 4.12. The van der Waals surface area contributed by atoms with Crippen molar-refractivity contribution in [3.05, 3.63) is 93.0 Å². The van der Waals surface area contributed by atoms with E-state index in [1.54, 1.807) is 18.2 Å². The maximum Gasteiger partial charge on any atom is 0.416 e. The van der Waals surface area contributed by atoms with E-state index < -0.39 is 33.9 Å². The summed E-state index contributed by atoms with van der Waals surface area (Å²) in [6.07, 6.45) is -4.58. The minimum atomic E-state index is -4.58. The number of para-hydroxylation sites is 1. The van der Waals surface area contributed by atoms with Crippen LogP contribution in [0.25, 0.3) is 0 Å². The smallest absolute Gasteiger partial charge is 0.416 e. The first-order valence-corrected chi connectivity index (χ1v) is 8.63. The largest absolute Gasteiger partial charge is 0.456 e. The Hall–Kier alpha value is -3.59. The summed E-state index contributed by atoms with van der Waals surface area (Å²) in [7, 11) is 0. The molecule has 0 aliphatic carbocycles. The van der Waals surface area contributed by atoms with Crippen LogP contribution in [-0.2, 0) is 6.18 Å². The highest BCUT2D eigenvalue weighted by atomic mass is 35.5. The van der Waals surface area contributed by atoms with Crippen LogP contribution < -0.4 is 9.47 Å². The summed E-state index contributed by atoms with van der Waals surface area (Å²) >= 11 is 5.85. The molecule has 0 aliphatic heterocycles. The fourth-order valence-electron chi connectivity index (χ4n) is 2.44. The quantitative estimate of drug-likeness (QED) is 0.203. The fraction of sp³-hybridized carbons (Fsp3) is 0.0500. The molecular weight excluding hydrogens is 427 g/mol. The highest BCUT2D eigenvalue weighted by Crippen LogP contribution is 2.37. The van der Waals surface area contributed by atoms with Crippen LogP contribution in [0.4, 0.5) is 18.9 Å². The second-order valence-electron chi connectivity index (χ2n) is 5.88. The minimum Gasteiger partial charge on any atom is -0.456 e. The van der Waals surface area contributed by atoms with Crippen LogP contribution in [0.1, 0.15) is 15.9 Å². The Bertz CT molecular complexity index is 1100. The molecule has 0 heterocycles. The maximum absolute atomic E-state index is 12.8. The van der Waals surface area contributed by atoms with E-state index in [1.807, 2.05) is 0 Å². The highest BCUT2D eigenvalue weighted by Gasteiger charge is 2.31. The lowest BCUT2D eigenvalue weighted by Crippen LogP contribution is -2.11. The maximum atomic E-state index is 12.8. The predicted molar refractivity (Wildman–Crippen MR) is 101 cm³/mol. The van der Waals surface area contributed by atoms with Gasteiger partial charge < -0.3 is 9.47 Å². The molecule has 0 fully saturated rings. The molecule has 3 aromatic rings. The molecule has 0 saturated heterocycles. The summed E-state index contributed by atoms with van der Waals surface area (Å²) in [6, 6.07) is 13.6. The van der Waals surface area contributed by atoms with Crippen LogP contribution in [0.5, 0.6) is 17.2 Å². The topological polar surface area (TPSA) is 78.7 Å². The zero-order valence-corrected chi connectivity index (χ0v) is 15.6. The van der Waals surface area contributed by atoms with Crippen molar-refractivity contribution < 1.29 is 32.4 Å². The van der Waals surface area contributed by atoms with Gasteiger partial charge in [-0.05, 0) is 36.4 Å². The van der Waals surface area contributed by atoms with E-state index in [1.165, 1.54) is 18.2 Å². The Morgan fingerprint density at radius 1 is 0.967 bits per heavy atom. The van der Waals surface area contributed by atoms with Gasteiger partial charge in [0.05, 0.1) is 15.5 Å². The van der Waals surface area contributed by atoms with Gasteiger partial charge in [-0.1, -0.05) is 29.8 Å². The molecule has 6 nitrogen and oxygen atoms in total. The van der Waals surface area contributed by atoms with Crippen LogP contribution in [-0.4, -0.2) is 10.9 Å². The molecule has 0 N–H and O–H groups in total. The lowest BCUT2D eigenvalue weighted by Gasteiger charge is -2.12. The van der Waals surface area contributed by atoms with Gasteiger partial charge in [0.25, 0.3) is 5.69 Å². The lowest BCUT2D eigenvalue weighted by molar-refractivity contribution is -0.385. The number of ether oxygens (including phenoxy) is 2. The monoisotopic (exact) mass is 437 g/mol. The summed E-state index contributed by atoms with van der Waals surface area (Å²) in [4.78, 5) is 22.9. The molecule has 0 bridgehead atoms. The molecule has 0 radical (unpaired) electrons. The molecule has 0 aromatic heterocycles. The number of nitro groups is 1. The SMILES string of the molecule is O=C(Oc1ccccc1)c1cc(Oc2ccc(C(F)(F)F)cc2Cl)ccc1[N+](=O)[O-]. The number of alkyl halides is 3. The highest BCUT2D eigenvalue weighted by molar-refractivity contribution is 6.32. The van der Waals surface area contributed by atoms with Gasteiger partial charge in [-0.25, -0.2) is 4.79 Å². The van der Waals surface area contributed by atoms with Gasteiger partial charge in [0.1, 0.15) is 22.8 Å². The standard InChI is InChI=1S/C20H11ClF3NO5/c21-16-10-12(20(22,23)24)6-9-18(16)29-14-7-8-17(25(27)28)15(11-14)19(26)30-13-4-2-1-3-5-13/h1-11H. The van der Waals surface area contributed by atoms with Gasteiger partial charge in [0.2, 0.25) is 0 Å². The van der Waals surface area contributed by atoms with Crippen LogP contribution in [0, 0.1) is 10.1 Å².